The summed E-state index contributed by atoms with van der Waals surface area (Å²) < 4.78 is 39.7. The van der Waals surface area contributed by atoms with E-state index in [0.29, 0.717) is 22.7 Å². The molecule has 1 N–H and O–H groups in total. The number of rotatable bonds is 4. The van der Waals surface area contributed by atoms with Gasteiger partial charge in [-0.15, -0.1) is 0 Å². The minimum atomic E-state index is -1.38. The Morgan fingerprint density at radius 2 is 2.14 bits per heavy atom. The van der Waals surface area contributed by atoms with Gasteiger partial charge in [-0.05, 0) is 13.8 Å². The molecule has 29 heavy (non-hydrogen) atoms. The van der Waals surface area contributed by atoms with Crippen molar-refractivity contribution in [1.29, 1.82) is 0 Å². The first-order chi connectivity index (χ1) is 13.8. The quantitative estimate of drug-likeness (QED) is 0.689. The minimum Gasteiger partial charge on any atom is -0.469 e. The molecule has 1 aliphatic rings. The smallest absolute Gasteiger partial charge is 0.285 e. The van der Waals surface area contributed by atoms with E-state index >= 15 is 0 Å². The lowest BCUT2D eigenvalue weighted by Gasteiger charge is -2.18. The van der Waals surface area contributed by atoms with Gasteiger partial charge in [0.05, 0.1) is 42.4 Å². The summed E-state index contributed by atoms with van der Waals surface area (Å²) >= 11 is 6.00. The van der Waals surface area contributed by atoms with Crippen molar-refractivity contribution in [3.05, 3.63) is 51.1 Å². The number of hydrogen-bond acceptors (Lipinski definition) is 7. The molecule has 3 aromatic heterocycles. The number of anilines is 1. The summed E-state index contributed by atoms with van der Waals surface area (Å²) in [5, 5.41) is 9.65. The normalized spacial score (nSPS) is 19.0. The van der Waals surface area contributed by atoms with Gasteiger partial charge in [0.15, 0.2) is 12.3 Å². The van der Waals surface area contributed by atoms with Crippen LogP contribution >= 0.6 is 11.6 Å². The molecular formula is C18H16ClF2N5O3. The summed E-state index contributed by atoms with van der Waals surface area (Å²) in [6.45, 7) is 3.44. The third kappa shape index (κ3) is 3.55. The lowest BCUT2D eigenvalue weighted by Crippen LogP contribution is -2.28. The standard InChI is InChI=1S/C18H16ClF2N5O3/c1-8-16(9(2)29-25-8)10-3-15(22-4-11(10)20)28-14-7-26(6-12(14)21)13-5-23-24-18(27)17(13)19/h3-5,12,14H,6-7H2,1-2H3,(H,24,27)/t12-,14-/m0/s1. The average molecular weight is 424 g/mol. The molecule has 4 rings (SSSR count). The molecule has 11 heteroatoms. The van der Waals surface area contributed by atoms with Gasteiger partial charge in [0, 0.05) is 11.6 Å². The van der Waals surface area contributed by atoms with Crippen LogP contribution in [0.5, 0.6) is 5.88 Å². The zero-order chi connectivity index (χ0) is 20.7. The molecule has 2 atom stereocenters. The van der Waals surface area contributed by atoms with Crippen molar-refractivity contribution >= 4 is 17.3 Å². The Morgan fingerprint density at radius 3 is 2.86 bits per heavy atom. The van der Waals surface area contributed by atoms with Crippen LogP contribution in [0.4, 0.5) is 14.5 Å². The predicted molar refractivity (Wildman–Crippen MR) is 101 cm³/mol. The summed E-state index contributed by atoms with van der Waals surface area (Å²) in [6.07, 6.45) is 0.0963. The molecule has 1 saturated heterocycles. The highest BCUT2D eigenvalue weighted by Gasteiger charge is 2.36. The number of aromatic nitrogens is 4. The van der Waals surface area contributed by atoms with Crippen molar-refractivity contribution in [2.24, 2.45) is 0 Å². The molecule has 1 aliphatic heterocycles. The van der Waals surface area contributed by atoms with Gasteiger partial charge in [0.25, 0.3) is 5.56 Å². The number of aromatic amines is 1. The third-order valence-electron chi connectivity index (χ3n) is 4.72. The van der Waals surface area contributed by atoms with E-state index in [9.17, 15) is 13.6 Å². The molecule has 3 aromatic rings. The molecule has 0 amide bonds. The lowest BCUT2D eigenvalue weighted by atomic mass is 10.1. The molecule has 0 spiro atoms. The molecule has 0 saturated carbocycles. The van der Waals surface area contributed by atoms with Gasteiger partial charge in [-0.25, -0.2) is 18.9 Å². The fourth-order valence-corrected chi connectivity index (χ4v) is 3.55. The summed E-state index contributed by atoms with van der Waals surface area (Å²) in [5.74, 6) is -0.0607. The van der Waals surface area contributed by atoms with Crippen molar-refractivity contribution in [1.82, 2.24) is 20.3 Å². The SMILES string of the molecule is Cc1noc(C)c1-c1cc(O[C@H]2CN(c3cn[nH]c(=O)c3Cl)C[C@@H]2F)ncc1F. The second kappa shape index (κ2) is 7.43. The highest BCUT2D eigenvalue weighted by molar-refractivity contribution is 6.33. The maximum Gasteiger partial charge on any atom is 0.285 e. The molecule has 152 valence electrons. The van der Waals surface area contributed by atoms with Gasteiger partial charge < -0.3 is 14.2 Å². The number of hydrogen-bond donors (Lipinski definition) is 1. The topological polar surface area (TPSA) is 97.1 Å². The van der Waals surface area contributed by atoms with Crippen molar-refractivity contribution in [3.8, 4) is 17.0 Å². The second-order valence-corrected chi connectivity index (χ2v) is 7.06. The van der Waals surface area contributed by atoms with Crippen molar-refractivity contribution in [2.75, 3.05) is 18.0 Å². The van der Waals surface area contributed by atoms with Crippen LogP contribution in [0.25, 0.3) is 11.1 Å². The van der Waals surface area contributed by atoms with E-state index in [0.717, 1.165) is 6.20 Å². The Balaban J connectivity index is 1.58. The van der Waals surface area contributed by atoms with Crippen LogP contribution in [0.1, 0.15) is 11.5 Å². The number of nitrogens with zero attached hydrogens (tertiary/aromatic N) is 4. The molecule has 0 radical (unpaired) electrons. The molecule has 0 unspecified atom stereocenters. The number of alkyl halides is 1. The number of nitrogens with one attached hydrogen (secondary N) is 1. The first-order valence-electron chi connectivity index (χ1n) is 8.72. The van der Waals surface area contributed by atoms with Crippen LogP contribution in [0.2, 0.25) is 5.02 Å². The number of halogens is 3. The first-order valence-corrected chi connectivity index (χ1v) is 9.10. The van der Waals surface area contributed by atoms with Crippen LogP contribution < -0.4 is 15.2 Å². The summed E-state index contributed by atoms with van der Waals surface area (Å²) in [7, 11) is 0. The summed E-state index contributed by atoms with van der Waals surface area (Å²) in [4.78, 5) is 17.1. The zero-order valence-corrected chi connectivity index (χ0v) is 16.2. The molecule has 1 fully saturated rings. The maximum absolute atomic E-state index is 14.6. The lowest BCUT2D eigenvalue weighted by molar-refractivity contribution is 0.134. The van der Waals surface area contributed by atoms with E-state index in [-0.39, 0.29) is 29.6 Å². The summed E-state index contributed by atoms with van der Waals surface area (Å²) in [6, 6.07) is 1.39. The molecule has 4 heterocycles. The van der Waals surface area contributed by atoms with Crippen molar-refractivity contribution < 1.29 is 18.0 Å². The van der Waals surface area contributed by atoms with E-state index in [1.165, 1.54) is 12.3 Å². The highest BCUT2D eigenvalue weighted by Crippen LogP contribution is 2.32. The minimum absolute atomic E-state index is 0.0343. The predicted octanol–water partition coefficient (Wildman–Crippen LogP) is 2.83. The van der Waals surface area contributed by atoms with E-state index in [1.807, 2.05) is 0 Å². The fraction of sp³-hybridized carbons (Fsp3) is 0.333. The highest BCUT2D eigenvalue weighted by atomic mass is 35.5. The van der Waals surface area contributed by atoms with Gasteiger partial charge in [0.1, 0.15) is 16.6 Å². The van der Waals surface area contributed by atoms with Gasteiger partial charge in [-0.1, -0.05) is 16.8 Å². The van der Waals surface area contributed by atoms with E-state index in [2.05, 4.69) is 20.3 Å². The monoisotopic (exact) mass is 423 g/mol. The molecule has 0 bridgehead atoms. The van der Waals surface area contributed by atoms with Crippen LogP contribution in [-0.2, 0) is 0 Å². The zero-order valence-electron chi connectivity index (χ0n) is 15.4. The Bertz CT molecular complexity index is 1100. The van der Waals surface area contributed by atoms with E-state index < -0.39 is 23.7 Å². The second-order valence-electron chi connectivity index (χ2n) is 6.68. The first kappa shape index (κ1) is 19.3. The van der Waals surface area contributed by atoms with Gasteiger partial charge in [0.2, 0.25) is 5.88 Å². The van der Waals surface area contributed by atoms with Crippen LogP contribution in [-0.4, -0.2) is 45.7 Å². The molecular weight excluding hydrogens is 408 g/mol. The van der Waals surface area contributed by atoms with Gasteiger partial charge >= 0.3 is 0 Å². The van der Waals surface area contributed by atoms with E-state index in [4.69, 9.17) is 20.9 Å². The van der Waals surface area contributed by atoms with Gasteiger partial charge in [-0.2, -0.15) is 5.10 Å². The number of H-pyrrole nitrogens is 1. The van der Waals surface area contributed by atoms with Crippen LogP contribution in [0.15, 0.2) is 27.8 Å². The Morgan fingerprint density at radius 1 is 1.34 bits per heavy atom. The molecule has 8 nitrogen and oxygen atoms in total. The van der Waals surface area contributed by atoms with Crippen molar-refractivity contribution in [3.63, 3.8) is 0 Å². The van der Waals surface area contributed by atoms with Crippen LogP contribution in [0.3, 0.4) is 0 Å². The van der Waals surface area contributed by atoms with Crippen LogP contribution in [0, 0.1) is 19.7 Å². The van der Waals surface area contributed by atoms with Crippen molar-refractivity contribution in [2.45, 2.75) is 26.1 Å². The fourth-order valence-electron chi connectivity index (χ4n) is 3.33. The number of aryl methyl sites for hydroxylation is 2. The maximum atomic E-state index is 14.6. The van der Waals surface area contributed by atoms with Gasteiger partial charge in [-0.3, -0.25) is 4.79 Å². The molecule has 0 aromatic carbocycles. The average Bonchev–Trinajstić information content (AvgIpc) is 3.21. The number of pyridine rings is 1. The Hall–Kier alpha value is -3.01. The summed E-state index contributed by atoms with van der Waals surface area (Å²) in [5.41, 5.74) is 0.977. The largest absolute Gasteiger partial charge is 0.469 e. The van der Waals surface area contributed by atoms with E-state index in [1.54, 1.807) is 18.7 Å². The third-order valence-corrected chi connectivity index (χ3v) is 5.09. The number of ether oxygens (including phenoxy) is 1. The Labute approximate surface area is 168 Å². The Kier molecular flexibility index (Phi) is 4.95. The molecule has 0 aliphatic carbocycles.